The Balaban J connectivity index is 1.95. The number of rotatable bonds is 5. The van der Waals surface area contributed by atoms with Crippen LogP contribution in [-0.2, 0) is 13.5 Å². The van der Waals surface area contributed by atoms with Crippen molar-refractivity contribution in [1.29, 1.82) is 0 Å². The van der Waals surface area contributed by atoms with Crippen LogP contribution in [0.2, 0.25) is 0 Å². The van der Waals surface area contributed by atoms with Crippen LogP contribution in [-0.4, -0.2) is 22.1 Å². The third kappa shape index (κ3) is 3.07. The van der Waals surface area contributed by atoms with Gasteiger partial charge in [-0.05, 0) is 37.1 Å². The summed E-state index contributed by atoms with van der Waals surface area (Å²) in [7, 11) is 2.03. The van der Waals surface area contributed by atoms with E-state index in [0.29, 0.717) is 6.04 Å². The summed E-state index contributed by atoms with van der Waals surface area (Å²) in [5.41, 5.74) is 3.68. The van der Waals surface area contributed by atoms with Crippen LogP contribution in [0.4, 0.5) is 0 Å². The van der Waals surface area contributed by atoms with Gasteiger partial charge in [-0.3, -0.25) is 0 Å². The Labute approximate surface area is 103 Å². The SMILES string of the molecule is CC(C)NCCCc1ccc2c(c1)ncn2C. The number of imidazole rings is 1. The van der Waals surface area contributed by atoms with Crippen molar-refractivity contribution in [2.24, 2.45) is 7.05 Å². The van der Waals surface area contributed by atoms with Gasteiger partial charge < -0.3 is 9.88 Å². The van der Waals surface area contributed by atoms with E-state index in [1.54, 1.807) is 0 Å². The van der Waals surface area contributed by atoms with Crippen molar-refractivity contribution in [2.75, 3.05) is 6.54 Å². The highest BCUT2D eigenvalue weighted by Gasteiger charge is 2.01. The van der Waals surface area contributed by atoms with Crippen molar-refractivity contribution >= 4 is 11.0 Å². The highest BCUT2D eigenvalue weighted by atomic mass is 15.0. The van der Waals surface area contributed by atoms with Crippen molar-refractivity contribution in [3.63, 3.8) is 0 Å². The Morgan fingerprint density at radius 3 is 2.94 bits per heavy atom. The topological polar surface area (TPSA) is 29.9 Å². The molecule has 0 spiro atoms. The second kappa shape index (κ2) is 5.32. The molecule has 3 heteroatoms. The lowest BCUT2D eigenvalue weighted by Crippen LogP contribution is -2.23. The van der Waals surface area contributed by atoms with Crippen LogP contribution < -0.4 is 5.32 Å². The highest BCUT2D eigenvalue weighted by Crippen LogP contribution is 2.14. The number of fused-ring (bicyclic) bond motifs is 1. The van der Waals surface area contributed by atoms with Crippen molar-refractivity contribution in [2.45, 2.75) is 32.7 Å². The quantitative estimate of drug-likeness (QED) is 0.801. The Kier molecular flexibility index (Phi) is 3.79. The zero-order valence-electron chi connectivity index (χ0n) is 10.9. The van der Waals surface area contributed by atoms with Crippen LogP contribution in [0.3, 0.4) is 0 Å². The summed E-state index contributed by atoms with van der Waals surface area (Å²) in [4.78, 5) is 4.38. The van der Waals surface area contributed by atoms with Gasteiger partial charge in [-0.1, -0.05) is 19.9 Å². The van der Waals surface area contributed by atoms with Crippen LogP contribution in [0.5, 0.6) is 0 Å². The lowest BCUT2D eigenvalue weighted by Gasteiger charge is -2.07. The third-order valence-corrected chi connectivity index (χ3v) is 2.98. The largest absolute Gasteiger partial charge is 0.334 e. The monoisotopic (exact) mass is 231 g/mol. The number of nitrogens with zero attached hydrogens (tertiary/aromatic N) is 2. The van der Waals surface area contributed by atoms with Crippen LogP contribution in [0, 0.1) is 0 Å². The van der Waals surface area contributed by atoms with E-state index >= 15 is 0 Å². The summed E-state index contributed by atoms with van der Waals surface area (Å²) >= 11 is 0. The molecule has 92 valence electrons. The molecule has 0 saturated heterocycles. The van der Waals surface area contributed by atoms with Gasteiger partial charge in [-0.15, -0.1) is 0 Å². The fourth-order valence-electron chi connectivity index (χ4n) is 2.02. The van der Waals surface area contributed by atoms with Gasteiger partial charge in [0.2, 0.25) is 0 Å². The molecule has 1 aromatic heterocycles. The average molecular weight is 231 g/mol. The third-order valence-electron chi connectivity index (χ3n) is 2.98. The zero-order valence-corrected chi connectivity index (χ0v) is 10.9. The maximum Gasteiger partial charge on any atom is 0.0955 e. The normalized spacial score (nSPS) is 11.5. The van der Waals surface area contributed by atoms with Gasteiger partial charge in [0.05, 0.1) is 17.4 Å². The summed E-state index contributed by atoms with van der Waals surface area (Å²) < 4.78 is 2.05. The van der Waals surface area contributed by atoms with Crippen molar-refractivity contribution in [3.05, 3.63) is 30.1 Å². The van der Waals surface area contributed by atoms with Crippen molar-refractivity contribution in [3.8, 4) is 0 Å². The molecule has 0 aliphatic rings. The summed E-state index contributed by atoms with van der Waals surface area (Å²) in [6.07, 6.45) is 4.16. The standard InChI is InChI=1S/C14H21N3/c1-11(2)15-8-4-5-12-6-7-14-13(9-12)16-10-17(14)3/h6-7,9-11,15H,4-5,8H2,1-3H3. The minimum Gasteiger partial charge on any atom is -0.334 e. The predicted octanol–water partition coefficient (Wildman–Crippen LogP) is 2.50. The number of hydrogen-bond acceptors (Lipinski definition) is 2. The van der Waals surface area contributed by atoms with Gasteiger partial charge in [-0.2, -0.15) is 0 Å². The van der Waals surface area contributed by atoms with Crippen LogP contribution in [0.25, 0.3) is 11.0 Å². The predicted molar refractivity (Wildman–Crippen MR) is 72.2 cm³/mol. The number of hydrogen-bond donors (Lipinski definition) is 1. The van der Waals surface area contributed by atoms with E-state index in [4.69, 9.17) is 0 Å². The smallest absolute Gasteiger partial charge is 0.0955 e. The molecule has 2 rings (SSSR count). The Morgan fingerprint density at radius 1 is 1.35 bits per heavy atom. The number of benzene rings is 1. The van der Waals surface area contributed by atoms with E-state index in [2.05, 4.69) is 46.9 Å². The first kappa shape index (κ1) is 12.1. The van der Waals surface area contributed by atoms with E-state index in [9.17, 15) is 0 Å². The molecule has 0 fully saturated rings. The fourth-order valence-corrected chi connectivity index (χ4v) is 2.02. The Hall–Kier alpha value is -1.35. The minimum atomic E-state index is 0.577. The maximum absolute atomic E-state index is 4.38. The number of aryl methyl sites for hydroxylation is 2. The molecule has 1 N–H and O–H groups in total. The molecule has 17 heavy (non-hydrogen) atoms. The first-order chi connectivity index (χ1) is 8.16. The van der Waals surface area contributed by atoms with Crippen LogP contribution in [0.15, 0.2) is 24.5 Å². The molecule has 0 radical (unpaired) electrons. The summed E-state index contributed by atoms with van der Waals surface area (Å²) in [5, 5.41) is 3.44. The Morgan fingerprint density at radius 2 is 2.18 bits per heavy atom. The van der Waals surface area contributed by atoms with E-state index in [-0.39, 0.29) is 0 Å². The molecule has 0 saturated carbocycles. The second-order valence-corrected chi connectivity index (χ2v) is 4.89. The number of nitrogens with one attached hydrogen (secondary N) is 1. The molecule has 1 aromatic carbocycles. The molecule has 0 amide bonds. The number of aromatic nitrogens is 2. The summed E-state index contributed by atoms with van der Waals surface area (Å²) in [6.45, 7) is 5.44. The molecule has 0 aliphatic carbocycles. The first-order valence-corrected chi connectivity index (χ1v) is 6.30. The summed E-state index contributed by atoms with van der Waals surface area (Å²) in [6, 6.07) is 7.14. The van der Waals surface area contributed by atoms with E-state index in [0.717, 1.165) is 18.5 Å². The van der Waals surface area contributed by atoms with Crippen molar-refractivity contribution in [1.82, 2.24) is 14.9 Å². The molecule has 3 nitrogen and oxygen atoms in total. The lowest BCUT2D eigenvalue weighted by atomic mass is 10.1. The molecule has 0 atom stereocenters. The van der Waals surface area contributed by atoms with E-state index < -0.39 is 0 Å². The van der Waals surface area contributed by atoms with Crippen LogP contribution in [0.1, 0.15) is 25.8 Å². The Bertz CT molecular complexity index is 485. The van der Waals surface area contributed by atoms with E-state index in [1.807, 2.05) is 13.4 Å². The molecule has 0 bridgehead atoms. The van der Waals surface area contributed by atoms with Gasteiger partial charge in [0.1, 0.15) is 0 Å². The molecular formula is C14H21N3. The van der Waals surface area contributed by atoms with Gasteiger partial charge >= 0.3 is 0 Å². The lowest BCUT2D eigenvalue weighted by molar-refractivity contribution is 0.570. The average Bonchev–Trinajstić information content (AvgIpc) is 2.66. The van der Waals surface area contributed by atoms with Gasteiger partial charge in [-0.25, -0.2) is 4.98 Å². The van der Waals surface area contributed by atoms with Gasteiger partial charge in [0.25, 0.3) is 0 Å². The minimum absolute atomic E-state index is 0.577. The summed E-state index contributed by atoms with van der Waals surface area (Å²) in [5.74, 6) is 0. The van der Waals surface area contributed by atoms with Gasteiger partial charge in [0.15, 0.2) is 0 Å². The molecule has 0 aliphatic heterocycles. The second-order valence-electron chi connectivity index (χ2n) is 4.89. The van der Waals surface area contributed by atoms with Gasteiger partial charge in [0, 0.05) is 13.1 Å². The highest BCUT2D eigenvalue weighted by molar-refractivity contribution is 5.75. The zero-order chi connectivity index (χ0) is 12.3. The van der Waals surface area contributed by atoms with E-state index in [1.165, 1.54) is 17.5 Å². The van der Waals surface area contributed by atoms with Crippen LogP contribution >= 0.6 is 0 Å². The molecule has 0 unspecified atom stereocenters. The fraction of sp³-hybridized carbons (Fsp3) is 0.500. The molecule has 1 heterocycles. The van der Waals surface area contributed by atoms with Crippen molar-refractivity contribution < 1.29 is 0 Å². The maximum atomic E-state index is 4.38. The molecular weight excluding hydrogens is 210 g/mol. The first-order valence-electron chi connectivity index (χ1n) is 6.30. The molecule has 2 aromatic rings.